The van der Waals surface area contributed by atoms with E-state index in [1.807, 2.05) is 0 Å². The molecule has 0 saturated carbocycles. The Kier molecular flexibility index (Phi) is 5.06. The second-order valence-electron chi connectivity index (χ2n) is 4.61. The summed E-state index contributed by atoms with van der Waals surface area (Å²) >= 11 is 0. The van der Waals surface area contributed by atoms with Crippen molar-refractivity contribution in [2.24, 2.45) is 5.73 Å². The third-order valence-corrected chi connectivity index (χ3v) is 3.35. The summed E-state index contributed by atoms with van der Waals surface area (Å²) < 4.78 is 26.8. The highest BCUT2D eigenvalue weighted by Crippen LogP contribution is 2.35. The van der Waals surface area contributed by atoms with Gasteiger partial charge in [0.1, 0.15) is 11.6 Å². The molecule has 0 heterocycles. The summed E-state index contributed by atoms with van der Waals surface area (Å²) in [4.78, 5) is 0. The Balaban J connectivity index is 3.19. The Hall–Kier alpha value is -0.960. The molecule has 0 fully saturated rings. The second kappa shape index (κ2) is 6.10. The standard InChI is InChI=1S/C14H21F2N/c1-3-7-14(10-17,8-4-2)12-6-5-11(15)9-13(12)16/h5-6,9H,3-4,7-8,10,17H2,1-2H3. The van der Waals surface area contributed by atoms with Gasteiger partial charge in [0.15, 0.2) is 0 Å². The SMILES string of the molecule is CCCC(CN)(CCC)c1ccc(F)cc1F. The lowest BCUT2D eigenvalue weighted by Crippen LogP contribution is -2.36. The molecule has 0 spiro atoms. The van der Waals surface area contributed by atoms with E-state index >= 15 is 0 Å². The van der Waals surface area contributed by atoms with Gasteiger partial charge in [-0.2, -0.15) is 0 Å². The lowest BCUT2D eigenvalue weighted by atomic mass is 9.73. The highest BCUT2D eigenvalue weighted by atomic mass is 19.1. The van der Waals surface area contributed by atoms with Gasteiger partial charge < -0.3 is 5.73 Å². The Labute approximate surface area is 102 Å². The molecule has 96 valence electrons. The number of hydrogen-bond donors (Lipinski definition) is 1. The number of benzene rings is 1. The maximum Gasteiger partial charge on any atom is 0.129 e. The highest BCUT2D eigenvalue weighted by molar-refractivity contribution is 5.28. The van der Waals surface area contributed by atoms with Crippen molar-refractivity contribution >= 4 is 0 Å². The van der Waals surface area contributed by atoms with Crippen LogP contribution in [-0.4, -0.2) is 6.54 Å². The van der Waals surface area contributed by atoms with Crippen LogP contribution in [0.25, 0.3) is 0 Å². The quantitative estimate of drug-likeness (QED) is 0.806. The molecular formula is C14H21F2N. The fraction of sp³-hybridized carbons (Fsp3) is 0.571. The van der Waals surface area contributed by atoms with Crippen LogP contribution in [0, 0.1) is 11.6 Å². The summed E-state index contributed by atoms with van der Waals surface area (Å²) in [6, 6.07) is 3.81. The minimum absolute atomic E-state index is 0.346. The summed E-state index contributed by atoms with van der Waals surface area (Å²) in [5.74, 6) is -1.01. The predicted molar refractivity (Wildman–Crippen MR) is 66.9 cm³/mol. The van der Waals surface area contributed by atoms with Crippen molar-refractivity contribution in [3.63, 3.8) is 0 Å². The van der Waals surface area contributed by atoms with Crippen molar-refractivity contribution in [1.82, 2.24) is 0 Å². The maximum atomic E-state index is 13.9. The molecule has 0 radical (unpaired) electrons. The zero-order chi connectivity index (χ0) is 12.9. The predicted octanol–water partition coefficient (Wildman–Crippen LogP) is 3.76. The normalized spacial score (nSPS) is 11.8. The van der Waals surface area contributed by atoms with Gasteiger partial charge in [0.05, 0.1) is 0 Å². The monoisotopic (exact) mass is 241 g/mol. The molecule has 0 bridgehead atoms. The average molecular weight is 241 g/mol. The van der Waals surface area contributed by atoms with Crippen LogP contribution in [0.15, 0.2) is 18.2 Å². The van der Waals surface area contributed by atoms with Crippen molar-refractivity contribution < 1.29 is 8.78 Å². The fourth-order valence-corrected chi connectivity index (χ4v) is 2.59. The Morgan fingerprint density at radius 1 is 1.12 bits per heavy atom. The zero-order valence-corrected chi connectivity index (χ0v) is 10.6. The van der Waals surface area contributed by atoms with Crippen molar-refractivity contribution in [3.05, 3.63) is 35.4 Å². The van der Waals surface area contributed by atoms with Crippen molar-refractivity contribution in [1.29, 1.82) is 0 Å². The van der Waals surface area contributed by atoms with E-state index in [1.54, 1.807) is 6.07 Å². The van der Waals surface area contributed by atoms with Gasteiger partial charge in [0, 0.05) is 18.0 Å². The molecule has 0 amide bonds. The number of rotatable bonds is 6. The third-order valence-electron chi connectivity index (χ3n) is 3.35. The van der Waals surface area contributed by atoms with Crippen LogP contribution in [0.4, 0.5) is 8.78 Å². The Morgan fingerprint density at radius 3 is 2.12 bits per heavy atom. The van der Waals surface area contributed by atoms with E-state index in [0.717, 1.165) is 31.7 Å². The van der Waals surface area contributed by atoms with Gasteiger partial charge in [0.25, 0.3) is 0 Å². The lowest BCUT2D eigenvalue weighted by molar-refractivity contribution is 0.350. The molecule has 1 aromatic carbocycles. The van der Waals surface area contributed by atoms with Crippen molar-refractivity contribution in [3.8, 4) is 0 Å². The Bertz CT molecular complexity index is 357. The molecule has 1 aromatic rings. The van der Waals surface area contributed by atoms with Crippen LogP contribution in [0.5, 0.6) is 0 Å². The molecular weight excluding hydrogens is 220 g/mol. The van der Waals surface area contributed by atoms with Crippen LogP contribution >= 0.6 is 0 Å². The summed E-state index contributed by atoms with van der Waals surface area (Å²) in [5, 5.41) is 0. The van der Waals surface area contributed by atoms with Crippen molar-refractivity contribution in [2.75, 3.05) is 6.54 Å². The van der Waals surface area contributed by atoms with E-state index in [2.05, 4.69) is 13.8 Å². The molecule has 17 heavy (non-hydrogen) atoms. The topological polar surface area (TPSA) is 26.0 Å². The minimum Gasteiger partial charge on any atom is -0.330 e. The molecule has 1 nitrogen and oxygen atoms in total. The first-order valence-corrected chi connectivity index (χ1v) is 6.25. The van der Waals surface area contributed by atoms with Gasteiger partial charge >= 0.3 is 0 Å². The van der Waals surface area contributed by atoms with E-state index < -0.39 is 11.6 Å². The summed E-state index contributed by atoms with van der Waals surface area (Å²) in [7, 11) is 0. The van der Waals surface area contributed by atoms with Gasteiger partial charge in [-0.15, -0.1) is 0 Å². The van der Waals surface area contributed by atoms with Crippen LogP contribution in [0.1, 0.15) is 45.1 Å². The largest absolute Gasteiger partial charge is 0.330 e. The molecule has 1 rings (SSSR count). The number of halogens is 2. The highest BCUT2D eigenvalue weighted by Gasteiger charge is 2.31. The van der Waals surface area contributed by atoms with Gasteiger partial charge in [-0.3, -0.25) is 0 Å². The molecule has 0 aliphatic rings. The van der Waals surface area contributed by atoms with Crippen LogP contribution in [-0.2, 0) is 5.41 Å². The summed E-state index contributed by atoms with van der Waals surface area (Å²) in [6.45, 7) is 4.51. The van der Waals surface area contributed by atoms with Crippen molar-refractivity contribution in [2.45, 2.75) is 44.9 Å². The third kappa shape index (κ3) is 3.03. The molecule has 3 heteroatoms. The van der Waals surface area contributed by atoms with E-state index in [1.165, 1.54) is 6.07 Å². The first-order valence-electron chi connectivity index (χ1n) is 6.25. The van der Waals surface area contributed by atoms with Crippen LogP contribution in [0.3, 0.4) is 0 Å². The first-order chi connectivity index (χ1) is 8.09. The van der Waals surface area contributed by atoms with Crippen LogP contribution < -0.4 is 5.73 Å². The molecule has 2 N–H and O–H groups in total. The minimum atomic E-state index is -0.537. The first kappa shape index (κ1) is 14.1. The summed E-state index contributed by atoms with van der Waals surface area (Å²) in [5.41, 5.74) is 6.07. The summed E-state index contributed by atoms with van der Waals surface area (Å²) in [6.07, 6.45) is 3.54. The van der Waals surface area contributed by atoms with E-state index in [0.29, 0.717) is 12.1 Å². The second-order valence-corrected chi connectivity index (χ2v) is 4.61. The van der Waals surface area contributed by atoms with Gasteiger partial charge in [0.2, 0.25) is 0 Å². The molecule has 0 aliphatic heterocycles. The van der Waals surface area contributed by atoms with Crippen LogP contribution in [0.2, 0.25) is 0 Å². The Morgan fingerprint density at radius 2 is 1.71 bits per heavy atom. The van der Waals surface area contributed by atoms with E-state index in [4.69, 9.17) is 5.73 Å². The lowest BCUT2D eigenvalue weighted by Gasteiger charge is -2.33. The molecule has 0 aromatic heterocycles. The fourth-order valence-electron chi connectivity index (χ4n) is 2.59. The molecule has 0 atom stereocenters. The smallest absolute Gasteiger partial charge is 0.129 e. The van der Waals surface area contributed by atoms with Gasteiger partial charge in [-0.25, -0.2) is 8.78 Å². The molecule has 0 unspecified atom stereocenters. The number of nitrogens with two attached hydrogens (primary N) is 1. The maximum absolute atomic E-state index is 13.9. The van der Waals surface area contributed by atoms with Gasteiger partial charge in [-0.1, -0.05) is 32.8 Å². The molecule has 0 aliphatic carbocycles. The van der Waals surface area contributed by atoms with E-state index in [-0.39, 0.29) is 5.41 Å². The zero-order valence-electron chi connectivity index (χ0n) is 10.6. The van der Waals surface area contributed by atoms with Gasteiger partial charge in [-0.05, 0) is 24.5 Å². The molecule has 0 saturated heterocycles. The van der Waals surface area contributed by atoms with E-state index in [9.17, 15) is 8.78 Å². The number of hydrogen-bond acceptors (Lipinski definition) is 1. The average Bonchev–Trinajstić information content (AvgIpc) is 2.28.